The van der Waals surface area contributed by atoms with Gasteiger partial charge < -0.3 is 10.6 Å². The fraction of sp³-hybridized carbons (Fsp3) is 1.00. The molecule has 2 fully saturated rings. The van der Waals surface area contributed by atoms with Gasteiger partial charge in [0.1, 0.15) is 0 Å². The third-order valence-corrected chi connectivity index (χ3v) is 5.80. The van der Waals surface area contributed by atoms with Gasteiger partial charge in [-0.3, -0.25) is 4.90 Å². The van der Waals surface area contributed by atoms with Crippen LogP contribution >= 0.6 is 0 Å². The summed E-state index contributed by atoms with van der Waals surface area (Å²) < 4.78 is 0. The first kappa shape index (κ1) is 15.3. The molecule has 2 aliphatic rings. The van der Waals surface area contributed by atoms with Crippen LogP contribution in [0.3, 0.4) is 0 Å². The molecule has 112 valence electrons. The van der Waals surface area contributed by atoms with Crippen molar-refractivity contribution >= 4 is 0 Å². The molecule has 19 heavy (non-hydrogen) atoms. The molecule has 0 aromatic carbocycles. The van der Waals surface area contributed by atoms with Gasteiger partial charge in [-0.25, -0.2) is 0 Å². The Bertz CT molecular complexity index is 281. The minimum Gasteiger partial charge on any atom is -0.329 e. The van der Waals surface area contributed by atoms with Crippen molar-refractivity contribution in [2.75, 3.05) is 40.3 Å². The molecule has 1 saturated carbocycles. The van der Waals surface area contributed by atoms with Crippen molar-refractivity contribution in [2.45, 2.75) is 51.0 Å². The Hall–Kier alpha value is -0.120. The molecule has 1 aliphatic heterocycles. The van der Waals surface area contributed by atoms with Gasteiger partial charge in [0.15, 0.2) is 0 Å². The van der Waals surface area contributed by atoms with E-state index in [0.717, 1.165) is 18.4 Å². The molecular weight excluding hydrogens is 234 g/mol. The van der Waals surface area contributed by atoms with E-state index in [1.165, 1.54) is 58.2 Å². The van der Waals surface area contributed by atoms with Gasteiger partial charge in [-0.05, 0) is 51.7 Å². The maximum absolute atomic E-state index is 6.25. The van der Waals surface area contributed by atoms with Gasteiger partial charge in [0.2, 0.25) is 0 Å². The predicted octanol–water partition coefficient (Wildman–Crippen LogP) is 2.17. The highest BCUT2D eigenvalue weighted by molar-refractivity contribution is 4.99. The summed E-state index contributed by atoms with van der Waals surface area (Å²) in [6, 6.07) is 0. The van der Waals surface area contributed by atoms with E-state index in [-0.39, 0.29) is 5.54 Å². The Morgan fingerprint density at radius 3 is 2.68 bits per heavy atom. The Morgan fingerprint density at radius 1 is 1.32 bits per heavy atom. The van der Waals surface area contributed by atoms with Crippen molar-refractivity contribution in [3.63, 3.8) is 0 Å². The smallest absolute Gasteiger partial charge is 0.0356 e. The summed E-state index contributed by atoms with van der Waals surface area (Å²) in [6.07, 6.45) is 8.09. The van der Waals surface area contributed by atoms with Crippen LogP contribution in [-0.4, -0.2) is 55.6 Å². The zero-order valence-corrected chi connectivity index (χ0v) is 13.2. The van der Waals surface area contributed by atoms with Crippen LogP contribution in [0.2, 0.25) is 0 Å². The first-order valence-electron chi connectivity index (χ1n) is 8.22. The zero-order valence-electron chi connectivity index (χ0n) is 13.2. The largest absolute Gasteiger partial charge is 0.329 e. The minimum atomic E-state index is 0.286. The first-order chi connectivity index (χ1) is 9.12. The average Bonchev–Trinajstić information content (AvgIpc) is 2.83. The summed E-state index contributed by atoms with van der Waals surface area (Å²) in [5.41, 5.74) is 6.54. The van der Waals surface area contributed by atoms with Gasteiger partial charge in [0.25, 0.3) is 0 Å². The van der Waals surface area contributed by atoms with Crippen molar-refractivity contribution in [1.82, 2.24) is 9.80 Å². The third kappa shape index (κ3) is 3.14. The zero-order chi connectivity index (χ0) is 13.9. The van der Waals surface area contributed by atoms with Crippen LogP contribution in [0.5, 0.6) is 0 Å². The molecule has 3 unspecified atom stereocenters. The number of hydrogen-bond donors (Lipinski definition) is 1. The third-order valence-electron chi connectivity index (χ3n) is 5.80. The predicted molar refractivity (Wildman–Crippen MR) is 82.3 cm³/mol. The van der Waals surface area contributed by atoms with E-state index in [1.54, 1.807) is 0 Å². The highest BCUT2D eigenvalue weighted by atomic mass is 15.2. The van der Waals surface area contributed by atoms with Gasteiger partial charge in [0.05, 0.1) is 0 Å². The summed E-state index contributed by atoms with van der Waals surface area (Å²) in [5, 5.41) is 0. The molecule has 0 radical (unpaired) electrons. The van der Waals surface area contributed by atoms with Gasteiger partial charge >= 0.3 is 0 Å². The molecule has 2 N–H and O–H groups in total. The molecule has 0 bridgehead atoms. The molecule has 1 heterocycles. The Labute approximate surface area is 119 Å². The topological polar surface area (TPSA) is 32.5 Å². The molecule has 2 rings (SSSR count). The average molecular weight is 267 g/mol. The summed E-state index contributed by atoms with van der Waals surface area (Å²) in [4.78, 5) is 5.11. The summed E-state index contributed by atoms with van der Waals surface area (Å²) in [5.74, 6) is 1.65. The van der Waals surface area contributed by atoms with Crippen LogP contribution in [0.15, 0.2) is 0 Å². The summed E-state index contributed by atoms with van der Waals surface area (Å²) >= 11 is 0. The van der Waals surface area contributed by atoms with E-state index in [2.05, 4.69) is 30.8 Å². The lowest BCUT2D eigenvalue weighted by Crippen LogP contribution is -2.59. The van der Waals surface area contributed by atoms with Crippen molar-refractivity contribution < 1.29 is 0 Å². The Kier molecular flexibility index (Phi) is 5.27. The summed E-state index contributed by atoms with van der Waals surface area (Å²) in [7, 11) is 4.58. The van der Waals surface area contributed by atoms with Crippen LogP contribution in [-0.2, 0) is 0 Å². The lowest BCUT2D eigenvalue weighted by atomic mass is 9.70. The fourth-order valence-corrected chi connectivity index (χ4v) is 4.55. The second kappa shape index (κ2) is 6.55. The standard InChI is InChI=1S/C16H33N3/c1-4-15-7-5-6-9-16(15,13-17)19(3)12-14-8-10-18(2)11-14/h14-15H,4-13,17H2,1-3H3. The number of nitrogens with two attached hydrogens (primary N) is 1. The van der Waals surface area contributed by atoms with Crippen molar-refractivity contribution in [3.8, 4) is 0 Å². The highest BCUT2D eigenvalue weighted by Gasteiger charge is 2.42. The molecule has 3 nitrogen and oxygen atoms in total. The highest BCUT2D eigenvalue weighted by Crippen LogP contribution is 2.39. The molecule has 0 spiro atoms. The quantitative estimate of drug-likeness (QED) is 0.828. The van der Waals surface area contributed by atoms with E-state index in [0.29, 0.717) is 0 Å². The van der Waals surface area contributed by atoms with Crippen LogP contribution in [0, 0.1) is 11.8 Å². The SMILES string of the molecule is CCC1CCCCC1(CN)N(C)CC1CCN(C)C1. The van der Waals surface area contributed by atoms with Gasteiger partial charge in [-0.2, -0.15) is 0 Å². The molecule has 0 amide bonds. The lowest BCUT2D eigenvalue weighted by Gasteiger charge is -2.50. The molecule has 1 aliphatic carbocycles. The van der Waals surface area contributed by atoms with Gasteiger partial charge in [-0.15, -0.1) is 0 Å². The van der Waals surface area contributed by atoms with E-state index in [4.69, 9.17) is 5.73 Å². The van der Waals surface area contributed by atoms with Gasteiger partial charge in [0, 0.05) is 25.2 Å². The van der Waals surface area contributed by atoms with Crippen LogP contribution in [0.1, 0.15) is 45.4 Å². The normalized spacial score (nSPS) is 37.1. The van der Waals surface area contributed by atoms with Crippen molar-refractivity contribution in [3.05, 3.63) is 0 Å². The van der Waals surface area contributed by atoms with E-state index in [9.17, 15) is 0 Å². The number of rotatable bonds is 5. The molecule has 0 aromatic heterocycles. The van der Waals surface area contributed by atoms with Crippen LogP contribution < -0.4 is 5.73 Å². The van der Waals surface area contributed by atoms with Crippen LogP contribution in [0.4, 0.5) is 0 Å². The maximum Gasteiger partial charge on any atom is 0.0356 e. The number of likely N-dealkylation sites (tertiary alicyclic amines) is 1. The maximum atomic E-state index is 6.25. The molecule has 1 saturated heterocycles. The van der Waals surface area contributed by atoms with Gasteiger partial charge in [-0.1, -0.05) is 26.2 Å². The second-order valence-electron chi connectivity index (χ2n) is 6.96. The van der Waals surface area contributed by atoms with E-state index >= 15 is 0 Å². The fourth-order valence-electron chi connectivity index (χ4n) is 4.55. The lowest BCUT2D eigenvalue weighted by molar-refractivity contribution is 0.0141. The second-order valence-corrected chi connectivity index (χ2v) is 6.96. The molecule has 3 heteroatoms. The first-order valence-corrected chi connectivity index (χ1v) is 8.22. The van der Waals surface area contributed by atoms with E-state index in [1.807, 2.05) is 0 Å². The monoisotopic (exact) mass is 267 g/mol. The van der Waals surface area contributed by atoms with Crippen molar-refractivity contribution in [2.24, 2.45) is 17.6 Å². The van der Waals surface area contributed by atoms with E-state index < -0.39 is 0 Å². The number of nitrogens with zero attached hydrogens (tertiary/aromatic N) is 2. The summed E-state index contributed by atoms with van der Waals surface area (Å²) in [6.45, 7) is 6.95. The molecule has 0 aromatic rings. The number of hydrogen-bond acceptors (Lipinski definition) is 3. The minimum absolute atomic E-state index is 0.286. The Balaban J connectivity index is 2.02. The van der Waals surface area contributed by atoms with Crippen LogP contribution in [0.25, 0.3) is 0 Å². The molecule has 3 atom stereocenters. The Morgan fingerprint density at radius 2 is 2.11 bits per heavy atom. The van der Waals surface area contributed by atoms with Crippen molar-refractivity contribution in [1.29, 1.82) is 0 Å². The number of likely N-dealkylation sites (N-methyl/N-ethyl adjacent to an activating group) is 1. The molecular formula is C16H33N3.